The van der Waals surface area contributed by atoms with Crippen LogP contribution in [0.25, 0.3) is 10.9 Å². The fourth-order valence-electron chi connectivity index (χ4n) is 2.87. The van der Waals surface area contributed by atoms with E-state index >= 15 is 0 Å². The number of esters is 1. The molecule has 0 aliphatic rings. The quantitative estimate of drug-likeness (QED) is 0.576. The van der Waals surface area contributed by atoms with Crippen molar-refractivity contribution >= 4 is 22.7 Å². The fraction of sp³-hybridized carbons (Fsp3) is 0.158. The fourth-order valence-corrected chi connectivity index (χ4v) is 2.87. The first-order valence-corrected chi connectivity index (χ1v) is 7.52. The minimum atomic E-state index is -0.873. The van der Waals surface area contributed by atoms with Gasteiger partial charge in [-0.05, 0) is 29.3 Å². The lowest BCUT2D eigenvalue weighted by Crippen LogP contribution is -2.19. The van der Waals surface area contributed by atoms with Crippen molar-refractivity contribution in [2.24, 2.45) is 0 Å². The number of H-pyrrole nitrogens is 1. The summed E-state index contributed by atoms with van der Waals surface area (Å²) in [6.07, 6.45) is 1.78. The molecule has 3 aromatic rings. The van der Waals surface area contributed by atoms with Crippen LogP contribution in [-0.4, -0.2) is 23.8 Å². The summed E-state index contributed by atoms with van der Waals surface area (Å²) in [6, 6.07) is 13.7. The molecule has 24 heavy (non-hydrogen) atoms. The van der Waals surface area contributed by atoms with Crippen molar-refractivity contribution in [1.82, 2.24) is 4.98 Å². The van der Waals surface area contributed by atoms with E-state index in [9.17, 15) is 14.0 Å². The molecule has 4 nitrogen and oxygen atoms in total. The van der Waals surface area contributed by atoms with Gasteiger partial charge in [-0.2, -0.15) is 0 Å². The number of carbonyl (C=O) groups excluding carboxylic acids is 2. The lowest BCUT2D eigenvalue weighted by atomic mass is 9.87. The maximum Gasteiger partial charge on any atom is 0.374 e. The molecule has 1 N–H and O–H groups in total. The van der Waals surface area contributed by atoms with Gasteiger partial charge in [0.05, 0.1) is 7.11 Å². The number of halogens is 1. The number of rotatable bonds is 5. The Morgan fingerprint density at radius 3 is 2.54 bits per heavy atom. The first kappa shape index (κ1) is 15.9. The van der Waals surface area contributed by atoms with E-state index in [1.165, 1.54) is 19.2 Å². The molecule has 0 aliphatic carbocycles. The molecule has 0 amide bonds. The van der Waals surface area contributed by atoms with Crippen LogP contribution < -0.4 is 0 Å². The summed E-state index contributed by atoms with van der Waals surface area (Å²) in [7, 11) is 1.18. The minimum absolute atomic E-state index is 0.0415. The number of hydrogen-bond acceptors (Lipinski definition) is 3. The number of ether oxygens (including phenoxy) is 1. The van der Waals surface area contributed by atoms with Crippen LogP contribution >= 0.6 is 0 Å². The minimum Gasteiger partial charge on any atom is -0.463 e. The number of methoxy groups -OCH3 is 1. The Bertz CT molecular complexity index is 883. The summed E-state index contributed by atoms with van der Waals surface area (Å²) in [5.74, 6) is -2.21. The molecule has 3 rings (SSSR count). The number of hydrogen-bond donors (Lipinski definition) is 1. The number of fused-ring (bicyclic) bond motifs is 1. The Morgan fingerprint density at radius 1 is 1.12 bits per heavy atom. The van der Waals surface area contributed by atoms with Gasteiger partial charge in [0.2, 0.25) is 5.78 Å². The second kappa shape index (κ2) is 6.66. The third-order valence-electron chi connectivity index (χ3n) is 4.07. The van der Waals surface area contributed by atoms with Crippen molar-refractivity contribution in [1.29, 1.82) is 0 Å². The molecule has 0 saturated heterocycles. The zero-order valence-corrected chi connectivity index (χ0v) is 13.1. The van der Waals surface area contributed by atoms with Gasteiger partial charge >= 0.3 is 5.97 Å². The number of aromatic nitrogens is 1. The molecule has 2 aromatic carbocycles. The van der Waals surface area contributed by atoms with Crippen LogP contribution in [0.2, 0.25) is 0 Å². The Balaban J connectivity index is 2.06. The van der Waals surface area contributed by atoms with E-state index in [4.69, 9.17) is 0 Å². The highest BCUT2D eigenvalue weighted by atomic mass is 19.1. The van der Waals surface area contributed by atoms with Crippen LogP contribution in [0.4, 0.5) is 4.39 Å². The van der Waals surface area contributed by atoms with Crippen molar-refractivity contribution in [3.05, 3.63) is 71.7 Å². The summed E-state index contributed by atoms with van der Waals surface area (Å²) >= 11 is 0. The molecule has 0 radical (unpaired) electrons. The first-order chi connectivity index (χ1) is 11.6. The largest absolute Gasteiger partial charge is 0.463 e. The molecule has 1 unspecified atom stereocenters. The van der Waals surface area contributed by atoms with Gasteiger partial charge in [0.25, 0.3) is 0 Å². The van der Waals surface area contributed by atoms with Crippen LogP contribution in [0, 0.1) is 5.82 Å². The number of nitrogens with one attached hydrogen (secondary N) is 1. The molecule has 0 aliphatic heterocycles. The summed E-state index contributed by atoms with van der Waals surface area (Å²) in [4.78, 5) is 26.8. The zero-order valence-electron chi connectivity index (χ0n) is 13.1. The van der Waals surface area contributed by atoms with E-state index in [1.807, 2.05) is 30.5 Å². The van der Waals surface area contributed by atoms with E-state index in [-0.39, 0.29) is 18.2 Å². The van der Waals surface area contributed by atoms with Crippen LogP contribution in [-0.2, 0) is 14.3 Å². The molecule has 0 bridgehead atoms. The number of Topliss-reactive ketones (excluding diaryl/α,β-unsaturated/α-hetero) is 1. The number of para-hydroxylation sites is 1. The van der Waals surface area contributed by atoms with Crippen LogP contribution in [0.3, 0.4) is 0 Å². The van der Waals surface area contributed by atoms with Gasteiger partial charge in [-0.15, -0.1) is 0 Å². The van der Waals surface area contributed by atoms with E-state index in [1.54, 1.807) is 12.1 Å². The van der Waals surface area contributed by atoms with E-state index in [0.29, 0.717) is 0 Å². The maximum atomic E-state index is 13.2. The molecular weight excluding hydrogens is 309 g/mol. The Labute approximate surface area is 138 Å². The van der Waals surface area contributed by atoms with Gasteiger partial charge < -0.3 is 9.72 Å². The predicted molar refractivity (Wildman–Crippen MR) is 88.2 cm³/mol. The molecular formula is C19H16FNO3. The molecule has 1 atom stereocenters. The van der Waals surface area contributed by atoms with Gasteiger partial charge in [0.1, 0.15) is 5.82 Å². The van der Waals surface area contributed by atoms with Crippen molar-refractivity contribution in [3.63, 3.8) is 0 Å². The highest BCUT2D eigenvalue weighted by Crippen LogP contribution is 2.33. The SMILES string of the molecule is COC(=O)C(=O)CC(c1ccc(F)cc1)c1c[nH]c2ccccc12. The van der Waals surface area contributed by atoms with E-state index in [2.05, 4.69) is 9.72 Å². The molecule has 0 fully saturated rings. The zero-order chi connectivity index (χ0) is 17.1. The third-order valence-corrected chi connectivity index (χ3v) is 4.07. The Kier molecular flexibility index (Phi) is 4.42. The lowest BCUT2D eigenvalue weighted by Gasteiger charge is -2.16. The topological polar surface area (TPSA) is 59.2 Å². The summed E-state index contributed by atoms with van der Waals surface area (Å²) < 4.78 is 17.8. The lowest BCUT2D eigenvalue weighted by molar-refractivity contribution is -0.151. The number of carbonyl (C=O) groups is 2. The average molecular weight is 325 g/mol. The standard InChI is InChI=1S/C19H16FNO3/c1-24-19(23)18(22)10-15(12-6-8-13(20)9-7-12)16-11-21-17-5-3-2-4-14(16)17/h2-9,11,15,21H,10H2,1H3. The summed E-state index contributed by atoms with van der Waals surface area (Å²) in [5, 5.41) is 0.962. The van der Waals surface area contributed by atoms with Crippen molar-refractivity contribution in [2.45, 2.75) is 12.3 Å². The highest BCUT2D eigenvalue weighted by Gasteiger charge is 2.25. The molecule has 5 heteroatoms. The van der Waals surface area contributed by atoms with Crippen LogP contribution in [0.5, 0.6) is 0 Å². The molecule has 122 valence electrons. The maximum absolute atomic E-state index is 13.2. The Morgan fingerprint density at radius 2 is 1.83 bits per heavy atom. The summed E-state index contributed by atoms with van der Waals surface area (Å²) in [5.41, 5.74) is 2.58. The first-order valence-electron chi connectivity index (χ1n) is 7.52. The monoisotopic (exact) mass is 325 g/mol. The molecule has 1 heterocycles. The number of ketones is 1. The average Bonchev–Trinajstić information content (AvgIpc) is 3.03. The van der Waals surface area contributed by atoms with Crippen molar-refractivity contribution in [3.8, 4) is 0 Å². The molecule has 1 aromatic heterocycles. The summed E-state index contributed by atoms with van der Waals surface area (Å²) in [6.45, 7) is 0. The second-order valence-electron chi connectivity index (χ2n) is 5.51. The van der Waals surface area contributed by atoms with Gasteiger partial charge in [0, 0.05) is 29.4 Å². The predicted octanol–water partition coefficient (Wildman–Crippen LogP) is 3.57. The van der Waals surface area contributed by atoms with E-state index in [0.717, 1.165) is 22.0 Å². The van der Waals surface area contributed by atoms with Crippen molar-refractivity contribution < 1.29 is 18.7 Å². The van der Waals surface area contributed by atoms with Gasteiger partial charge in [-0.3, -0.25) is 4.79 Å². The van der Waals surface area contributed by atoms with Gasteiger partial charge in [-0.25, -0.2) is 9.18 Å². The third kappa shape index (κ3) is 3.06. The highest BCUT2D eigenvalue weighted by molar-refractivity contribution is 6.33. The van der Waals surface area contributed by atoms with Crippen LogP contribution in [0.1, 0.15) is 23.5 Å². The Hall–Kier alpha value is -2.95. The van der Waals surface area contributed by atoms with Gasteiger partial charge in [0.15, 0.2) is 0 Å². The second-order valence-corrected chi connectivity index (χ2v) is 5.51. The van der Waals surface area contributed by atoms with Gasteiger partial charge in [-0.1, -0.05) is 30.3 Å². The molecule has 0 spiro atoms. The van der Waals surface area contributed by atoms with Crippen LogP contribution in [0.15, 0.2) is 54.7 Å². The smallest absolute Gasteiger partial charge is 0.374 e. The number of benzene rings is 2. The number of aromatic amines is 1. The molecule has 0 saturated carbocycles. The van der Waals surface area contributed by atoms with E-state index < -0.39 is 11.8 Å². The normalized spacial score (nSPS) is 12.1. The van der Waals surface area contributed by atoms with Crippen molar-refractivity contribution in [2.75, 3.05) is 7.11 Å².